The van der Waals surface area contributed by atoms with Gasteiger partial charge in [-0.1, -0.05) is 46.9 Å². The Labute approximate surface area is 178 Å². The third-order valence-corrected chi connectivity index (χ3v) is 7.10. The molecule has 7 aromatic rings. The van der Waals surface area contributed by atoms with Crippen LogP contribution in [0.3, 0.4) is 0 Å². The van der Waals surface area contributed by atoms with Gasteiger partial charge in [-0.25, -0.2) is 19.9 Å². The fourth-order valence-electron chi connectivity index (χ4n) is 3.91. The molecule has 0 N–H and O–H groups in total. The van der Waals surface area contributed by atoms with Gasteiger partial charge in [0, 0.05) is 21.5 Å². The van der Waals surface area contributed by atoms with Crippen LogP contribution in [0.4, 0.5) is 0 Å². The summed E-state index contributed by atoms with van der Waals surface area (Å²) in [6.45, 7) is 0. The van der Waals surface area contributed by atoms with Crippen molar-refractivity contribution in [3.05, 3.63) is 72.8 Å². The lowest BCUT2D eigenvalue weighted by Gasteiger charge is -2.05. The standard InChI is InChI=1S/C24H12N4S2/c1-2-14-6-10-18-26-22(14)21-13(1)5-9-17(25-21)29-19-11-7-15-3-4-16-8-12-20(30-18)28-24(16)23(15)27-19/h1-12H. The van der Waals surface area contributed by atoms with Gasteiger partial charge in [0.1, 0.15) is 19.3 Å². The van der Waals surface area contributed by atoms with Crippen molar-refractivity contribution in [2.24, 2.45) is 0 Å². The third kappa shape index (κ3) is 2.44. The summed E-state index contributed by atoms with van der Waals surface area (Å²) in [4.78, 5) is 23.4. The summed E-state index contributed by atoms with van der Waals surface area (Å²) in [5.41, 5.74) is 3.67. The highest BCUT2D eigenvalue weighted by atomic mass is 32.1. The fourth-order valence-corrected chi connectivity index (χ4v) is 5.43. The second kappa shape index (κ2) is 6.01. The van der Waals surface area contributed by atoms with Gasteiger partial charge < -0.3 is 0 Å². The van der Waals surface area contributed by atoms with Crippen molar-refractivity contribution < 1.29 is 0 Å². The summed E-state index contributed by atoms with van der Waals surface area (Å²) >= 11 is 3.14. The molecule has 0 aliphatic rings. The molecule has 0 saturated carbocycles. The highest BCUT2D eigenvalue weighted by molar-refractivity contribution is 7.22. The molecule has 0 saturated heterocycles. The van der Waals surface area contributed by atoms with Crippen molar-refractivity contribution in [2.45, 2.75) is 0 Å². The van der Waals surface area contributed by atoms with Gasteiger partial charge in [-0.2, -0.15) is 0 Å². The zero-order chi connectivity index (χ0) is 19.7. The average Bonchev–Trinajstić information content (AvgIpc) is 2.78. The van der Waals surface area contributed by atoms with Crippen LogP contribution in [-0.2, 0) is 0 Å². The van der Waals surface area contributed by atoms with Crippen LogP contribution in [0.15, 0.2) is 72.8 Å². The zero-order valence-corrected chi connectivity index (χ0v) is 17.2. The first-order valence-electron chi connectivity index (χ1n) is 9.57. The molecular weight excluding hydrogens is 408 g/mol. The lowest BCUT2D eigenvalue weighted by atomic mass is 10.1. The highest BCUT2D eigenvalue weighted by Crippen LogP contribution is 2.29. The second-order valence-corrected chi connectivity index (χ2v) is 9.30. The molecular formula is C24H12N4S2. The first kappa shape index (κ1) is 16.3. The summed E-state index contributed by atoms with van der Waals surface area (Å²) in [5, 5.41) is 4.34. The first-order valence-corrected chi connectivity index (χ1v) is 11.2. The van der Waals surface area contributed by atoms with E-state index in [4.69, 9.17) is 19.9 Å². The van der Waals surface area contributed by atoms with E-state index in [0.717, 1.165) is 62.9 Å². The molecule has 0 aliphatic heterocycles. The van der Waals surface area contributed by atoms with E-state index in [0.29, 0.717) is 0 Å². The molecule has 8 bridgehead atoms. The normalized spacial score (nSPS) is 12.0. The van der Waals surface area contributed by atoms with E-state index in [1.165, 1.54) is 0 Å². The van der Waals surface area contributed by atoms with Gasteiger partial charge in [0.05, 0.1) is 22.1 Å². The molecule has 0 radical (unpaired) electrons. The van der Waals surface area contributed by atoms with Crippen LogP contribution in [0.2, 0.25) is 0 Å². The van der Waals surface area contributed by atoms with E-state index in [9.17, 15) is 0 Å². The van der Waals surface area contributed by atoms with Gasteiger partial charge in [0.2, 0.25) is 0 Å². The maximum Gasteiger partial charge on any atom is 0.118 e. The smallest absolute Gasteiger partial charge is 0.118 e. The Bertz CT molecular complexity index is 1550. The minimum atomic E-state index is 0.910. The van der Waals surface area contributed by atoms with Crippen LogP contribution in [0.25, 0.3) is 62.9 Å². The number of hydrogen-bond acceptors (Lipinski definition) is 6. The van der Waals surface area contributed by atoms with Crippen molar-refractivity contribution in [3.8, 4) is 0 Å². The number of hydrogen-bond donors (Lipinski definition) is 0. The highest BCUT2D eigenvalue weighted by Gasteiger charge is 2.07. The van der Waals surface area contributed by atoms with Crippen LogP contribution >= 0.6 is 22.7 Å². The van der Waals surface area contributed by atoms with Crippen LogP contribution in [0, 0.1) is 0 Å². The van der Waals surface area contributed by atoms with Gasteiger partial charge in [-0.05, 0) is 48.5 Å². The monoisotopic (exact) mass is 420 g/mol. The van der Waals surface area contributed by atoms with Gasteiger partial charge in [0.25, 0.3) is 0 Å². The molecule has 0 aliphatic carbocycles. The Morgan fingerprint density at radius 2 is 0.567 bits per heavy atom. The molecule has 0 amide bonds. The van der Waals surface area contributed by atoms with Crippen LogP contribution in [0.1, 0.15) is 0 Å². The Kier molecular flexibility index (Phi) is 3.27. The Balaban J connectivity index is 1.78. The lowest BCUT2D eigenvalue weighted by molar-refractivity contribution is 1.47. The minimum absolute atomic E-state index is 0.910. The van der Waals surface area contributed by atoms with Crippen molar-refractivity contribution >= 4 is 85.6 Å². The summed E-state index contributed by atoms with van der Waals surface area (Å²) in [5.74, 6) is 0. The summed E-state index contributed by atoms with van der Waals surface area (Å²) in [6.07, 6.45) is 0. The molecule has 7 rings (SSSR count). The summed E-state index contributed by atoms with van der Waals surface area (Å²) in [7, 11) is 0. The SMILES string of the molecule is c1cc2ccc3ccc4nc3c2nc1sc1ccc2ccc3ccc(nc3c2n1)s4. The van der Waals surface area contributed by atoms with Crippen LogP contribution in [0.5, 0.6) is 0 Å². The molecule has 6 heteroatoms. The molecule has 140 valence electrons. The van der Waals surface area contributed by atoms with E-state index < -0.39 is 0 Å². The van der Waals surface area contributed by atoms with Crippen molar-refractivity contribution in [2.75, 3.05) is 0 Å². The van der Waals surface area contributed by atoms with Gasteiger partial charge in [-0.3, -0.25) is 0 Å². The number of pyridine rings is 4. The molecule has 0 unspecified atom stereocenters. The number of benzene rings is 2. The van der Waals surface area contributed by atoms with Crippen molar-refractivity contribution in [1.82, 2.24) is 19.9 Å². The van der Waals surface area contributed by atoms with Crippen LogP contribution < -0.4 is 0 Å². The molecule has 2 aromatic carbocycles. The lowest BCUT2D eigenvalue weighted by Crippen LogP contribution is -1.87. The molecule has 5 aromatic heterocycles. The summed E-state index contributed by atoms with van der Waals surface area (Å²) < 4.78 is 0. The first-order chi connectivity index (χ1) is 14.8. The van der Waals surface area contributed by atoms with Gasteiger partial charge >= 0.3 is 0 Å². The molecule has 0 atom stereocenters. The second-order valence-electron chi connectivity index (χ2n) is 7.22. The van der Waals surface area contributed by atoms with E-state index in [1.54, 1.807) is 22.7 Å². The quantitative estimate of drug-likeness (QED) is 0.251. The van der Waals surface area contributed by atoms with E-state index in [1.807, 2.05) is 0 Å². The molecule has 0 fully saturated rings. The van der Waals surface area contributed by atoms with E-state index in [2.05, 4.69) is 72.8 Å². The largest absolute Gasteiger partial charge is 0.235 e. The fraction of sp³-hybridized carbons (Fsp3) is 0. The minimum Gasteiger partial charge on any atom is -0.235 e. The molecule has 5 heterocycles. The average molecular weight is 421 g/mol. The third-order valence-electron chi connectivity index (χ3n) is 5.36. The Morgan fingerprint density at radius 1 is 0.333 bits per heavy atom. The molecule has 0 spiro atoms. The number of nitrogens with zero attached hydrogens (tertiary/aromatic N) is 4. The number of fused-ring (bicyclic) bond motifs is 4. The maximum atomic E-state index is 4.95. The number of rotatable bonds is 0. The van der Waals surface area contributed by atoms with Gasteiger partial charge in [0.15, 0.2) is 0 Å². The number of aromatic nitrogens is 4. The zero-order valence-electron chi connectivity index (χ0n) is 15.5. The topological polar surface area (TPSA) is 51.6 Å². The van der Waals surface area contributed by atoms with Crippen LogP contribution in [-0.4, -0.2) is 19.9 Å². The molecule has 4 nitrogen and oxygen atoms in total. The van der Waals surface area contributed by atoms with Crippen molar-refractivity contribution in [3.63, 3.8) is 0 Å². The van der Waals surface area contributed by atoms with E-state index >= 15 is 0 Å². The predicted octanol–water partition coefficient (Wildman–Crippen LogP) is 6.87. The Hall–Kier alpha value is -3.48. The predicted molar refractivity (Wildman–Crippen MR) is 127 cm³/mol. The Morgan fingerprint density at radius 3 is 0.833 bits per heavy atom. The van der Waals surface area contributed by atoms with Crippen molar-refractivity contribution in [1.29, 1.82) is 0 Å². The maximum absolute atomic E-state index is 4.95. The van der Waals surface area contributed by atoms with Gasteiger partial charge in [-0.15, -0.1) is 0 Å². The summed E-state index contributed by atoms with van der Waals surface area (Å²) in [6, 6.07) is 25.1. The molecule has 30 heavy (non-hydrogen) atoms. The van der Waals surface area contributed by atoms with E-state index in [-0.39, 0.29) is 0 Å².